The predicted molar refractivity (Wildman–Crippen MR) is 69.8 cm³/mol. The van der Waals surface area contributed by atoms with Crippen molar-refractivity contribution >= 4 is 23.2 Å². The molecule has 0 saturated carbocycles. The van der Waals surface area contributed by atoms with E-state index >= 15 is 0 Å². The molecule has 1 atom stereocenters. The average Bonchev–Trinajstić information content (AvgIpc) is 2.91. The summed E-state index contributed by atoms with van der Waals surface area (Å²) in [6, 6.07) is 1.79. The van der Waals surface area contributed by atoms with E-state index in [9.17, 15) is 14.7 Å². The van der Waals surface area contributed by atoms with Crippen LogP contribution >= 0.6 is 11.3 Å². The lowest BCUT2D eigenvalue weighted by atomic mass is 9.77. The Morgan fingerprint density at radius 3 is 2.89 bits per heavy atom. The van der Waals surface area contributed by atoms with E-state index in [1.165, 1.54) is 11.3 Å². The summed E-state index contributed by atoms with van der Waals surface area (Å²) >= 11 is 1.48. The average molecular weight is 267 g/mol. The van der Waals surface area contributed by atoms with Crippen molar-refractivity contribution < 1.29 is 14.7 Å². The van der Waals surface area contributed by atoms with Crippen LogP contribution in [0.25, 0.3) is 0 Å². The number of carbonyl (C=O) groups is 2. The number of thiophene rings is 1. The molecule has 1 fully saturated rings. The molecular formula is C13H17NO3S. The van der Waals surface area contributed by atoms with Crippen LogP contribution in [0, 0.1) is 5.41 Å². The van der Waals surface area contributed by atoms with Crippen LogP contribution in [0.1, 0.15) is 36.5 Å². The molecule has 1 saturated heterocycles. The molecular weight excluding hydrogens is 250 g/mol. The van der Waals surface area contributed by atoms with E-state index in [0.29, 0.717) is 31.5 Å². The zero-order valence-corrected chi connectivity index (χ0v) is 11.2. The second kappa shape index (κ2) is 5.10. The molecule has 1 amide bonds. The summed E-state index contributed by atoms with van der Waals surface area (Å²) < 4.78 is 0. The van der Waals surface area contributed by atoms with Gasteiger partial charge in [0.25, 0.3) is 5.91 Å². The molecule has 1 aliphatic rings. The number of piperidine rings is 1. The van der Waals surface area contributed by atoms with Gasteiger partial charge in [-0.3, -0.25) is 9.59 Å². The minimum Gasteiger partial charge on any atom is -0.481 e. The Hall–Kier alpha value is -1.36. The zero-order valence-electron chi connectivity index (χ0n) is 10.4. The van der Waals surface area contributed by atoms with Gasteiger partial charge < -0.3 is 10.0 Å². The van der Waals surface area contributed by atoms with Crippen molar-refractivity contribution in [3.8, 4) is 0 Å². The van der Waals surface area contributed by atoms with E-state index in [0.717, 1.165) is 6.42 Å². The molecule has 0 radical (unpaired) electrons. The summed E-state index contributed by atoms with van der Waals surface area (Å²) in [4.78, 5) is 25.3. The fourth-order valence-corrected chi connectivity index (χ4v) is 3.12. The van der Waals surface area contributed by atoms with E-state index in [4.69, 9.17) is 0 Å². The zero-order chi connectivity index (χ0) is 13.2. The van der Waals surface area contributed by atoms with Gasteiger partial charge in [-0.1, -0.05) is 6.92 Å². The lowest BCUT2D eigenvalue weighted by molar-refractivity contribution is -0.152. The van der Waals surface area contributed by atoms with Crippen LogP contribution in [0.4, 0.5) is 0 Å². The van der Waals surface area contributed by atoms with E-state index < -0.39 is 11.4 Å². The predicted octanol–water partition coefficient (Wildman–Crippen LogP) is 2.47. The van der Waals surface area contributed by atoms with Crippen molar-refractivity contribution in [2.45, 2.75) is 26.2 Å². The number of amides is 1. The summed E-state index contributed by atoms with van der Waals surface area (Å²) in [5.41, 5.74) is -0.0958. The SMILES string of the molecule is CCC1(C(=O)O)CCCN(C(=O)c2ccsc2)C1. The molecule has 5 heteroatoms. The molecule has 1 aliphatic heterocycles. The van der Waals surface area contributed by atoms with Crippen LogP contribution in [-0.2, 0) is 4.79 Å². The highest BCUT2D eigenvalue weighted by Crippen LogP contribution is 2.34. The maximum absolute atomic E-state index is 12.2. The lowest BCUT2D eigenvalue weighted by Crippen LogP contribution is -2.49. The molecule has 2 heterocycles. The Bertz CT molecular complexity index is 443. The number of hydrogen-bond acceptors (Lipinski definition) is 3. The molecule has 98 valence electrons. The number of carboxylic acids is 1. The molecule has 0 spiro atoms. The molecule has 2 rings (SSSR count). The molecule has 1 unspecified atom stereocenters. The number of rotatable bonds is 3. The Kier molecular flexibility index (Phi) is 3.71. The van der Waals surface area contributed by atoms with Crippen molar-refractivity contribution in [1.29, 1.82) is 0 Å². The summed E-state index contributed by atoms with van der Waals surface area (Å²) in [6.07, 6.45) is 1.98. The van der Waals surface area contributed by atoms with Gasteiger partial charge in [-0.15, -0.1) is 0 Å². The topological polar surface area (TPSA) is 57.6 Å². The molecule has 4 nitrogen and oxygen atoms in total. The number of carboxylic acid groups (broad SMARTS) is 1. The largest absolute Gasteiger partial charge is 0.481 e. The lowest BCUT2D eigenvalue weighted by Gasteiger charge is -2.39. The normalized spacial score (nSPS) is 23.9. The molecule has 18 heavy (non-hydrogen) atoms. The Labute approximate surface area is 110 Å². The molecule has 0 aromatic carbocycles. The second-order valence-electron chi connectivity index (χ2n) is 4.78. The van der Waals surface area contributed by atoms with Gasteiger partial charge in [0.15, 0.2) is 0 Å². The number of aliphatic carboxylic acids is 1. The number of nitrogens with zero attached hydrogens (tertiary/aromatic N) is 1. The van der Waals surface area contributed by atoms with Crippen LogP contribution in [0.15, 0.2) is 16.8 Å². The highest BCUT2D eigenvalue weighted by molar-refractivity contribution is 7.08. The minimum atomic E-state index is -0.784. The van der Waals surface area contributed by atoms with Gasteiger partial charge in [0.1, 0.15) is 0 Å². The molecule has 1 aromatic rings. The van der Waals surface area contributed by atoms with Gasteiger partial charge in [0, 0.05) is 18.5 Å². The maximum Gasteiger partial charge on any atom is 0.311 e. The first-order chi connectivity index (χ1) is 8.59. The second-order valence-corrected chi connectivity index (χ2v) is 5.56. The van der Waals surface area contributed by atoms with E-state index in [-0.39, 0.29) is 5.91 Å². The maximum atomic E-state index is 12.2. The van der Waals surface area contributed by atoms with E-state index in [1.807, 2.05) is 17.7 Å². The van der Waals surface area contributed by atoms with Crippen molar-refractivity contribution in [3.63, 3.8) is 0 Å². The number of hydrogen-bond donors (Lipinski definition) is 1. The monoisotopic (exact) mass is 267 g/mol. The van der Waals surface area contributed by atoms with Crippen LogP contribution in [0.5, 0.6) is 0 Å². The summed E-state index contributed by atoms with van der Waals surface area (Å²) in [7, 11) is 0. The van der Waals surface area contributed by atoms with Gasteiger partial charge in [-0.2, -0.15) is 11.3 Å². The van der Waals surface area contributed by atoms with E-state index in [1.54, 1.807) is 11.0 Å². The van der Waals surface area contributed by atoms with Crippen molar-refractivity contribution in [1.82, 2.24) is 4.90 Å². The quantitative estimate of drug-likeness (QED) is 0.915. The van der Waals surface area contributed by atoms with Gasteiger partial charge in [-0.25, -0.2) is 0 Å². The third-order valence-corrected chi connectivity index (χ3v) is 4.45. The van der Waals surface area contributed by atoms with Crippen molar-refractivity contribution in [3.05, 3.63) is 22.4 Å². The van der Waals surface area contributed by atoms with Gasteiger partial charge in [0.2, 0.25) is 0 Å². The number of likely N-dealkylation sites (tertiary alicyclic amines) is 1. The molecule has 0 aliphatic carbocycles. The summed E-state index contributed by atoms with van der Waals surface area (Å²) in [5, 5.41) is 13.1. The van der Waals surface area contributed by atoms with E-state index in [2.05, 4.69) is 0 Å². The van der Waals surface area contributed by atoms with Gasteiger partial charge >= 0.3 is 5.97 Å². The Balaban J connectivity index is 2.16. The first-order valence-corrected chi connectivity index (χ1v) is 7.08. The third kappa shape index (κ3) is 2.27. The Morgan fingerprint density at radius 1 is 1.56 bits per heavy atom. The highest BCUT2D eigenvalue weighted by Gasteiger charge is 2.42. The van der Waals surface area contributed by atoms with Crippen LogP contribution < -0.4 is 0 Å². The first-order valence-electron chi connectivity index (χ1n) is 6.14. The van der Waals surface area contributed by atoms with Crippen LogP contribution in [0.2, 0.25) is 0 Å². The molecule has 1 aromatic heterocycles. The van der Waals surface area contributed by atoms with Crippen molar-refractivity contribution in [2.24, 2.45) is 5.41 Å². The minimum absolute atomic E-state index is 0.0463. The third-order valence-electron chi connectivity index (χ3n) is 3.76. The molecule has 1 N–H and O–H groups in total. The summed E-state index contributed by atoms with van der Waals surface area (Å²) in [6.45, 7) is 2.86. The molecule has 0 bridgehead atoms. The smallest absolute Gasteiger partial charge is 0.311 e. The number of carbonyl (C=O) groups excluding carboxylic acids is 1. The van der Waals surface area contributed by atoms with Crippen LogP contribution in [0.3, 0.4) is 0 Å². The fourth-order valence-electron chi connectivity index (χ4n) is 2.49. The summed E-state index contributed by atoms with van der Waals surface area (Å²) in [5.74, 6) is -0.831. The van der Waals surface area contributed by atoms with Crippen LogP contribution in [-0.4, -0.2) is 35.0 Å². The standard InChI is InChI=1S/C13H17NO3S/c1-2-13(12(16)17)5-3-6-14(9-13)11(15)10-4-7-18-8-10/h4,7-8H,2-3,5-6,9H2,1H3,(H,16,17). The fraction of sp³-hybridized carbons (Fsp3) is 0.538. The van der Waals surface area contributed by atoms with Gasteiger partial charge in [-0.05, 0) is 30.7 Å². The first kappa shape index (κ1) is 13.1. The van der Waals surface area contributed by atoms with Gasteiger partial charge in [0.05, 0.1) is 11.0 Å². The Morgan fingerprint density at radius 2 is 2.33 bits per heavy atom. The highest BCUT2D eigenvalue weighted by atomic mass is 32.1. The van der Waals surface area contributed by atoms with Crippen molar-refractivity contribution in [2.75, 3.05) is 13.1 Å².